The van der Waals surface area contributed by atoms with Gasteiger partial charge in [0.25, 0.3) is 0 Å². The summed E-state index contributed by atoms with van der Waals surface area (Å²) in [5.41, 5.74) is 0. The molecule has 11 heavy (non-hydrogen) atoms. The maximum absolute atomic E-state index is 9.58. The summed E-state index contributed by atoms with van der Waals surface area (Å²) >= 11 is 0. The molecule has 3 rings (SSSR count). The van der Waals surface area contributed by atoms with Gasteiger partial charge < -0.3 is 5.11 Å². The molecule has 0 aromatic heterocycles. The van der Waals surface area contributed by atoms with Gasteiger partial charge >= 0.3 is 0 Å². The van der Waals surface area contributed by atoms with E-state index in [1.54, 1.807) is 0 Å². The van der Waals surface area contributed by atoms with Gasteiger partial charge in [-0.25, -0.2) is 0 Å². The second-order valence-electron chi connectivity index (χ2n) is 4.29. The van der Waals surface area contributed by atoms with Gasteiger partial charge in [-0.15, -0.1) is 0 Å². The molecular formula is C10H14O. The number of hydrogen-bond acceptors (Lipinski definition) is 1. The van der Waals surface area contributed by atoms with E-state index < -0.39 is 0 Å². The Bertz CT molecular complexity index is 209. The summed E-state index contributed by atoms with van der Waals surface area (Å²) in [6.07, 6.45) is 8.37. The van der Waals surface area contributed by atoms with Crippen LogP contribution < -0.4 is 0 Å². The third kappa shape index (κ3) is 0.610. The highest BCUT2D eigenvalue weighted by molar-refractivity contribution is 5.19. The monoisotopic (exact) mass is 150 g/mol. The van der Waals surface area contributed by atoms with Crippen molar-refractivity contribution in [2.75, 3.05) is 0 Å². The van der Waals surface area contributed by atoms with Crippen LogP contribution in [0.3, 0.4) is 0 Å². The highest BCUT2D eigenvalue weighted by atomic mass is 16.3. The molecule has 3 aliphatic carbocycles. The molecule has 1 nitrogen and oxygen atoms in total. The summed E-state index contributed by atoms with van der Waals surface area (Å²) < 4.78 is 0. The van der Waals surface area contributed by atoms with Crippen molar-refractivity contribution >= 4 is 0 Å². The number of allylic oxidation sites excluding steroid dienone is 1. The molecule has 0 radical (unpaired) electrons. The van der Waals surface area contributed by atoms with E-state index in [-0.39, 0.29) is 6.10 Å². The first-order valence-electron chi connectivity index (χ1n) is 4.74. The Morgan fingerprint density at radius 3 is 2.82 bits per heavy atom. The summed E-state index contributed by atoms with van der Waals surface area (Å²) in [5, 5.41) is 9.58. The summed E-state index contributed by atoms with van der Waals surface area (Å²) in [5.74, 6) is 3.22. The van der Waals surface area contributed by atoms with E-state index in [0.29, 0.717) is 5.92 Å². The van der Waals surface area contributed by atoms with E-state index in [1.165, 1.54) is 19.3 Å². The molecule has 2 saturated carbocycles. The topological polar surface area (TPSA) is 20.2 Å². The average molecular weight is 150 g/mol. The Balaban J connectivity index is 1.88. The van der Waals surface area contributed by atoms with Crippen LogP contribution in [-0.4, -0.2) is 11.2 Å². The highest BCUT2D eigenvalue weighted by Crippen LogP contribution is 2.59. The van der Waals surface area contributed by atoms with Crippen molar-refractivity contribution in [3.8, 4) is 0 Å². The summed E-state index contributed by atoms with van der Waals surface area (Å²) in [4.78, 5) is 0. The first-order chi connectivity index (χ1) is 5.38. The largest absolute Gasteiger partial charge is 0.389 e. The van der Waals surface area contributed by atoms with Crippen LogP contribution in [0.2, 0.25) is 0 Å². The van der Waals surface area contributed by atoms with E-state index in [1.807, 2.05) is 6.08 Å². The molecule has 0 aliphatic heterocycles. The number of aliphatic hydroxyl groups is 1. The van der Waals surface area contributed by atoms with Crippen LogP contribution in [0.1, 0.15) is 19.3 Å². The van der Waals surface area contributed by atoms with Gasteiger partial charge in [0.15, 0.2) is 0 Å². The Hall–Kier alpha value is -0.300. The lowest BCUT2D eigenvalue weighted by Crippen LogP contribution is -2.45. The van der Waals surface area contributed by atoms with E-state index in [9.17, 15) is 5.11 Å². The quantitative estimate of drug-likeness (QED) is 0.520. The Morgan fingerprint density at radius 1 is 1.09 bits per heavy atom. The van der Waals surface area contributed by atoms with Crippen LogP contribution in [-0.2, 0) is 0 Å². The van der Waals surface area contributed by atoms with Crippen molar-refractivity contribution in [1.29, 1.82) is 0 Å². The molecule has 0 bridgehead atoms. The minimum atomic E-state index is -0.0978. The van der Waals surface area contributed by atoms with Crippen molar-refractivity contribution in [2.45, 2.75) is 25.4 Å². The standard InChI is InChI=1S/C10H14O/c11-9-5-4-8-6-2-1-3-7(6)10(8)9/h4-11H,1-3H2/t6-,7+,8-,9-,10+/m1/s1. The Kier molecular flexibility index (Phi) is 1.07. The zero-order chi connectivity index (χ0) is 7.42. The predicted octanol–water partition coefficient (Wildman–Crippen LogP) is 1.58. The fourth-order valence-electron chi connectivity index (χ4n) is 3.52. The predicted molar refractivity (Wildman–Crippen MR) is 43.0 cm³/mol. The van der Waals surface area contributed by atoms with Crippen LogP contribution in [0.5, 0.6) is 0 Å². The normalized spacial score (nSPS) is 58.8. The number of rotatable bonds is 0. The molecule has 0 aromatic carbocycles. The van der Waals surface area contributed by atoms with Gasteiger partial charge in [0.1, 0.15) is 0 Å². The SMILES string of the molecule is O[C@@H]1C=C[C@@H]2[C@@H]3CCC[C@@H]3[C@@H]21. The lowest BCUT2D eigenvalue weighted by atomic mass is 9.59. The second kappa shape index (κ2) is 1.89. The number of aliphatic hydroxyl groups excluding tert-OH is 1. The maximum Gasteiger partial charge on any atom is 0.0757 e. The summed E-state index contributed by atoms with van der Waals surface area (Å²) in [7, 11) is 0. The van der Waals surface area contributed by atoms with Crippen molar-refractivity contribution in [3.63, 3.8) is 0 Å². The van der Waals surface area contributed by atoms with Gasteiger partial charge in [-0.3, -0.25) is 0 Å². The van der Waals surface area contributed by atoms with Gasteiger partial charge in [0.05, 0.1) is 6.10 Å². The molecular weight excluding hydrogens is 136 g/mol. The average Bonchev–Trinajstić information content (AvgIpc) is 2.43. The fourth-order valence-corrected chi connectivity index (χ4v) is 3.52. The van der Waals surface area contributed by atoms with Crippen LogP contribution in [0, 0.1) is 23.7 Å². The van der Waals surface area contributed by atoms with Crippen molar-refractivity contribution < 1.29 is 5.11 Å². The summed E-state index contributed by atoms with van der Waals surface area (Å²) in [6.45, 7) is 0. The van der Waals surface area contributed by atoms with Crippen LogP contribution >= 0.6 is 0 Å². The van der Waals surface area contributed by atoms with Gasteiger partial charge in [-0.2, -0.15) is 0 Å². The third-order valence-electron chi connectivity index (χ3n) is 3.98. The van der Waals surface area contributed by atoms with Crippen molar-refractivity contribution in [3.05, 3.63) is 12.2 Å². The maximum atomic E-state index is 9.58. The van der Waals surface area contributed by atoms with E-state index in [4.69, 9.17) is 0 Å². The molecule has 60 valence electrons. The van der Waals surface area contributed by atoms with Crippen molar-refractivity contribution in [2.24, 2.45) is 23.7 Å². The molecule has 0 unspecified atom stereocenters. The van der Waals surface area contributed by atoms with Crippen LogP contribution in [0.4, 0.5) is 0 Å². The van der Waals surface area contributed by atoms with E-state index >= 15 is 0 Å². The van der Waals surface area contributed by atoms with Gasteiger partial charge in [-0.05, 0) is 36.5 Å². The molecule has 0 spiro atoms. The number of hydrogen-bond donors (Lipinski definition) is 1. The molecule has 1 heteroatoms. The minimum absolute atomic E-state index is 0.0978. The van der Waals surface area contributed by atoms with Gasteiger partial charge in [0.2, 0.25) is 0 Å². The fraction of sp³-hybridized carbons (Fsp3) is 0.800. The molecule has 0 saturated heterocycles. The molecule has 3 aliphatic rings. The molecule has 5 atom stereocenters. The minimum Gasteiger partial charge on any atom is -0.389 e. The van der Waals surface area contributed by atoms with E-state index in [0.717, 1.165) is 17.8 Å². The molecule has 0 amide bonds. The lowest BCUT2D eigenvalue weighted by molar-refractivity contribution is -0.0231. The Labute approximate surface area is 67.1 Å². The first kappa shape index (κ1) is 6.24. The van der Waals surface area contributed by atoms with E-state index in [2.05, 4.69) is 6.08 Å². The summed E-state index contributed by atoms with van der Waals surface area (Å²) in [6, 6.07) is 0. The van der Waals surface area contributed by atoms with Gasteiger partial charge in [0, 0.05) is 0 Å². The first-order valence-corrected chi connectivity index (χ1v) is 4.74. The van der Waals surface area contributed by atoms with Gasteiger partial charge in [-0.1, -0.05) is 18.6 Å². The lowest BCUT2D eigenvalue weighted by Gasteiger charge is -2.46. The molecule has 0 aromatic rings. The Morgan fingerprint density at radius 2 is 1.91 bits per heavy atom. The zero-order valence-corrected chi connectivity index (χ0v) is 6.61. The molecule has 2 fully saturated rings. The van der Waals surface area contributed by atoms with Crippen molar-refractivity contribution in [1.82, 2.24) is 0 Å². The number of fused-ring (bicyclic) bond motifs is 4. The zero-order valence-electron chi connectivity index (χ0n) is 6.61. The highest BCUT2D eigenvalue weighted by Gasteiger charge is 2.55. The van der Waals surface area contributed by atoms with Crippen LogP contribution in [0.15, 0.2) is 12.2 Å². The molecule has 0 heterocycles. The second-order valence-corrected chi connectivity index (χ2v) is 4.29. The molecule has 1 N–H and O–H groups in total. The smallest absolute Gasteiger partial charge is 0.0757 e. The van der Waals surface area contributed by atoms with Crippen LogP contribution in [0.25, 0.3) is 0 Å². The third-order valence-corrected chi connectivity index (χ3v) is 3.98.